The third-order valence-electron chi connectivity index (χ3n) is 4.97. The Morgan fingerprint density at radius 3 is 2.44 bits per heavy atom. The molecule has 1 aliphatic heterocycles. The first-order valence-electron chi connectivity index (χ1n) is 10.3. The highest BCUT2D eigenvalue weighted by Crippen LogP contribution is 2.23. The summed E-state index contributed by atoms with van der Waals surface area (Å²) >= 11 is 0. The first-order chi connectivity index (χ1) is 16.3. The molecule has 1 saturated heterocycles. The van der Waals surface area contributed by atoms with Crippen LogP contribution in [0.4, 0.5) is 0 Å². The smallest absolute Gasteiger partial charge is 0.259 e. The van der Waals surface area contributed by atoms with Gasteiger partial charge >= 0.3 is 0 Å². The molecule has 3 rings (SSSR count). The van der Waals surface area contributed by atoms with Crippen molar-refractivity contribution in [3.63, 3.8) is 0 Å². The normalized spacial score (nSPS) is 14.5. The maximum absolute atomic E-state index is 12.6. The number of morpholine rings is 1. The highest BCUT2D eigenvalue weighted by atomic mass is 32.2. The van der Waals surface area contributed by atoms with Crippen molar-refractivity contribution in [2.24, 2.45) is 5.10 Å². The van der Waals surface area contributed by atoms with Crippen LogP contribution in [-0.2, 0) is 19.6 Å². The van der Waals surface area contributed by atoms with Crippen molar-refractivity contribution in [2.75, 3.05) is 47.1 Å². The average molecular weight is 491 g/mol. The maximum Gasteiger partial charge on any atom is 0.259 e. The lowest BCUT2D eigenvalue weighted by atomic mass is 10.2. The Kier molecular flexibility index (Phi) is 8.57. The number of amides is 2. The average Bonchev–Trinajstić information content (AvgIpc) is 2.88. The van der Waals surface area contributed by atoms with Gasteiger partial charge in [-0.05, 0) is 36.4 Å². The van der Waals surface area contributed by atoms with Crippen molar-refractivity contribution in [1.29, 1.82) is 0 Å². The molecule has 0 saturated carbocycles. The summed E-state index contributed by atoms with van der Waals surface area (Å²) in [5.74, 6) is 0.0760. The fourth-order valence-electron chi connectivity index (χ4n) is 3.12. The second kappa shape index (κ2) is 11.6. The van der Waals surface area contributed by atoms with Gasteiger partial charge in [-0.1, -0.05) is 0 Å². The van der Waals surface area contributed by atoms with E-state index in [2.05, 4.69) is 15.8 Å². The SMILES string of the molecule is COc1ccc(/C=N\NC(=O)CNC(=O)c2ccc(S(=O)(=O)N3CCOCC3)cc2)c(OC)c1. The van der Waals surface area contributed by atoms with E-state index >= 15 is 0 Å². The second-order valence-corrected chi connectivity index (χ2v) is 9.06. The quantitative estimate of drug-likeness (QED) is 0.388. The topological polar surface area (TPSA) is 136 Å². The molecule has 2 amide bonds. The lowest BCUT2D eigenvalue weighted by Gasteiger charge is -2.26. The summed E-state index contributed by atoms with van der Waals surface area (Å²) in [6, 6.07) is 10.7. The van der Waals surface area contributed by atoms with Crippen LogP contribution in [0.25, 0.3) is 0 Å². The van der Waals surface area contributed by atoms with Gasteiger partial charge in [0.25, 0.3) is 11.8 Å². The van der Waals surface area contributed by atoms with Crippen LogP contribution in [0.1, 0.15) is 15.9 Å². The summed E-state index contributed by atoms with van der Waals surface area (Å²) in [4.78, 5) is 24.4. The Bertz CT molecular complexity index is 1140. The van der Waals surface area contributed by atoms with Crippen molar-refractivity contribution in [2.45, 2.75) is 4.90 Å². The van der Waals surface area contributed by atoms with Gasteiger partial charge in [-0.2, -0.15) is 9.41 Å². The van der Waals surface area contributed by atoms with Crippen LogP contribution in [0.2, 0.25) is 0 Å². The molecule has 0 bridgehead atoms. The standard InChI is InChI=1S/C22H26N4O7S/c1-31-18-6-3-17(20(13-18)32-2)14-24-25-21(27)15-23-22(28)16-4-7-19(8-5-16)34(29,30)26-9-11-33-12-10-26/h3-8,13-14H,9-12,15H2,1-2H3,(H,23,28)(H,25,27)/b24-14-. The molecule has 11 nitrogen and oxygen atoms in total. The number of methoxy groups -OCH3 is 2. The van der Waals surface area contributed by atoms with Crippen LogP contribution in [0, 0.1) is 0 Å². The zero-order chi connectivity index (χ0) is 24.6. The molecule has 1 aliphatic rings. The lowest BCUT2D eigenvalue weighted by molar-refractivity contribution is -0.120. The van der Waals surface area contributed by atoms with Gasteiger partial charge in [0.15, 0.2) is 0 Å². The van der Waals surface area contributed by atoms with E-state index < -0.39 is 21.8 Å². The van der Waals surface area contributed by atoms with Gasteiger partial charge in [0.2, 0.25) is 10.0 Å². The molecule has 0 aromatic heterocycles. The minimum absolute atomic E-state index is 0.0898. The fourth-order valence-corrected chi connectivity index (χ4v) is 4.52. The number of nitrogens with zero attached hydrogens (tertiary/aromatic N) is 2. The molecular weight excluding hydrogens is 464 g/mol. The van der Waals surface area contributed by atoms with Gasteiger partial charge in [0.05, 0.1) is 45.1 Å². The summed E-state index contributed by atoms with van der Waals surface area (Å²) in [5, 5.41) is 6.33. The molecule has 0 aliphatic carbocycles. The van der Waals surface area contributed by atoms with Crippen molar-refractivity contribution in [3.8, 4) is 11.5 Å². The fraction of sp³-hybridized carbons (Fsp3) is 0.318. The van der Waals surface area contributed by atoms with Crippen LogP contribution in [0.3, 0.4) is 0 Å². The Morgan fingerprint density at radius 1 is 1.09 bits per heavy atom. The largest absolute Gasteiger partial charge is 0.497 e. The molecule has 2 N–H and O–H groups in total. The molecule has 12 heteroatoms. The van der Waals surface area contributed by atoms with E-state index in [-0.39, 0.29) is 30.1 Å². The number of benzene rings is 2. The van der Waals surface area contributed by atoms with Crippen LogP contribution >= 0.6 is 0 Å². The first-order valence-corrected chi connectivity index (χ1v) is 11.8. The first kappa shape index (κ1) is 25.1. The van der Waals surface area contributed by atoms with Crippen LogP contribution < -0.4 is 20.2 Å². The Balaban J connectivity index is 1.51. The minimum Gasteiger partial charge on any atom is -0.497 e. The number of hydrogen-bond acceptors (Lipinski definition) is 8. The van der Waals surface area contributed by atoms with Gasteiger partial charge in [-0.15, -0.1) is 0 Å². The number of carbonyl (C=O) groups is 2. The molecular formula is C22H26N4O7S. The minimum atomic E-state index is -3.65. The molecule has 0 atom stereocenters. The van der Waals surface area contributed by atoms with Crippen molar-refractivity contribution in [1.82, 2.24) is 15.0 Å². The maximum atomic E-state index is 12.6. The number of nitrogens with one attached hydrogen (secondary N) is 2. The van der Waals surface area contributed by atoms with E-state index in [0.29, 0.717) is 30.3 Å². The van der Waals surface area contributed by atoms with Gasteiger partial charge in [-0.25, -0.2) is 13.8 Å². The number of hydrogen-bond donors (Lipinski definition) is 2. The summed E-state index contributed by atoms with van der Waals surface area (Å²) < 4.78 is 42.2. The van der Waals surface area contributed by atoms with Crippen molar-refractivity contribution >= 4 is 28.1 Å². The Labute approximate surface area is 197 Å². The molecule has 2 aromatic rings. The van der Waals surface area contributed by atoms with Gasteiger partial charge in [0, 0.05) is 30.3 Å². The number of ether oxygens (including phenoxy) is 3. The van der Waals surface area contributed by atoms with Crippen LogP contribution in [-0.4, -0.2) is 77.8 Å². The number of hydrazone groups is 1. The molecule has 34 heavy (non-hydrogen) atoms. The van der Waals surface area contributed by atoms with E-state index in [1.807, 2.05) is 0 Å². The van der Waals surface area contributed by atoms with Gasteiger partial charge in [-0.3, -0.25) is 9.59 Å². The zero-order valence-electron chi connectivity index (χ0n) is 18.8. The van der Waals surface area contributed by atoms with Crippen molar-refractivity contribution in [3.05, 3.63) is 53.6 Å². The molecule has 1 fully saturated rings. The second-order valence-electron chi connectivity index (χ2n) is 7.12. The number of sulfonamides is 1. The highest BCUT2D eigenvalue weighted by Gasteiger charge is 2.26. The van der Waals surface area contributed by atoms with Crippen LogP contribution in [0.15, 0.2) is 52.5 Å². The Morgan fingerprint density at radius 2 is 1.79 bits per heavy atom. The lowest BCUT2D eigenvalue weighted by Crippen LogP contribution is -2.40. The number of carbonyl (C=O) groups excluding carboxylic acids is 2. The predicted molar refractivity (Wildman–Crippen MR) is 124 cm³/mol. The summed E-state index contributed by atoms with van der Waals surface area (Å²) in [6.45, 7) is 0.948. The van der Waals surface area contributed by atoms with Crippen LogP contribution in [0.5, 0.6) is 11.5 Å². The summed E-state index contributed by atoms with van der Waals surface area (Å²) in [7, 11) is -0.602. The highest BCUT2D eigenvalue weighted by molar-refractivity contribution is 7.89. The van der Waals surface area contributed by atoms with E-state index in [4.69, 9.17) is 14.2 Å². The predicted octanol–water partition coefficient (Wildman–Crippen LogP) is 0.605. The summed E-state index contributed by atoms with van der Waals surface area (Å²) in [6.07, 6.45) is 1.41. The van der Waals surface area contributed by atoms with Crippen molar-refractivity contribution < 1.29 is 32.2 Å². The molecule has 0 radical (unpaired) electrons. The molecule has 1 heterocycles. The van der Waals surface area contributed by atoms with E-state index in [0.717, 1.165) is 0 Å². The zero-order valence-corrected chi connectivity index (χ0v) is 19.6. The van der Waals surface area contributed by atoms with E-state index in [1.165, 1.54) is 41.9 Å². The van der Waals surface area contributed by atoms with E-state index in [9.17, 15) is 18.0 Å². The third kappa shape index (κ3) is 6.31. The van der Waals surface area contributed by atoms with Gasteiger partial charge in [0.1, 0.15) is 11.5 Å². The molecule has 0 unspecified atom stereocenters. The monoisotopic (exact) mass is 490 g/mol. The molecule has 182 valence electrons. The van der Waals surface area contributed by atoms with Gasteiger partial charge < -0.3 is 19.5 Å². The number of rotatable bonds is 9. The summed E-state index contributed by atoms with van der Waals surface area (Å²) in [5.41, 5.74) is 3.16. The third-order valence-corrected chi connectivity index (χ3v) is 6.88. The molecule has 2 aromatic carbocycles. The Hall–Kier alpha value is -3.48. The van der Waals surface area contributed by atoms with E-state index in [1.54, 1.807) is 25.3 Å². The molecule has 0 spiro atoms.